The molecule has 0 unspecified atom stereocenters. The molecule has 1 aromatic rings. The molecule has 20 heavy (non-hydrogen) atoms. The third-order valence-electron chi connectivity index (χ3n) is 4.01. The Morgan fingerprint density at radius 2 is 1.85 bits per heavy atom. The number of methoxy groups -OCH3 is 2. The average Bonchev–Trinajstić information content (AvgIpc) is 2.42. The molecule has 1 amide bonds. The van der Waals surface area contributed by atoms with Crippen LogP contribution in [0.3, 0.4) is 0 Å². The lowest BCUT2D eigenvalue weighted by atomic mass is 9.77. The van der Waals surface area contributed by atoms with Gasteiger partial charge in [-0.1, -0.05) is 0 Å². The lowest BCUT2D eigenvalue weighted by Crippen LogP contribution is -2.56. The van der Waals surface area contributed by atoms with Crippen molar-refractivity contribution in [1.82, 2.24) is 5.32 Å². The van der Waals surface area contributed by atoms with Crippen LogP contribution in [0.5, 0.6) is 11.5 Å². The summed E-state index contributed by atoms with van der Waals surface area (Å²) in [6, 6.07) is 3.38. The number of rotatable bonds is 5. The molecule has 2 rings (SSSR count). The summed E-state index contributed by atoms with van der Waals surface area (Å²) in [6.45, 7) is 1.85. The molecule has 5 nitrogen and oxygen atoms in total. The Kier molecular flexibility index (Phi) is 4.18. The number of hydrogen-bond donors (Lipinski definition) is 2. The molecule has 110 valence electrons. The summed E-state index contributed by atoms with van der Waals surface area (Å²) in [5, 5.41) is 12.3. The van der Waals surface area contributed by atoms with Crippen LogP contribution in [-0.4, -0.2) is 37.4 Å². The van der Waals surface area contributed by atoms with Gasteiger partial charge in [-0.3, -0.25) is 4.79 Å². The van der Waals surface area contributed by atoms with Crippen molar-refractivity contribution >= 4 is 5.91 Å². The predicted octanol–water partition coefficient (Wildman–Crippen LogP) is 1.66. The summed E-state index contributed by atoms with van der Waals surface area (Å²) < 4.78 is 10.5. The first-order valence-electron chi connectivity index (χ1n) is 6.71. The van der Waals surface area contributed by atoms with Crippen molar-refractivity contribution in [3.8, 4) is 11.5 Å². The zero-order valence-electron chi connectivity index (χ0n) is 12.2. The summed E-state index contributed by atoms with van der Waals surface area (Å²) in [4.78, 5) is 12.3. The van der Waals surface area contributed by atoms with E-state index in [4.69, 9.17) is 9.47 Å². The van der Waals surface area contributed by atoms with Gasteiger partial charge in [0.2, 0.25) is 0 Å². The van der Waals surface area contributed by atoms with E-state index in [9.17, 15) is 9.90 Å². The second-order valence-corrected chi connectivity index (χ2v) is 5.25. The Bertz CT molecular complexity index is 478. The fourth-order valence-corrected chi connectivity index (χ4v) is 2.46. The van der Waals surface area contributed by atoms with Gasteiger partial charge in [0.25, 0.3) is 5.91 Å². The van der Waals surface area contributed by atoms with Crippen LogP contribution in [0.25, 0.3) is 0 Å². The van der Waals surface area contributed by atoms with E-state index in [0.717, 1.165) is 24.8 Å². The van der Waals surface area contributed by atoms with E-state index in [-0.39, 0.29) is 12.5 Å². The van der Waals surface area contributed by atoms with Crippen molar-refractivity contribution in [2.75, 3.05) is 20.8 Å². The highest BCUT2D eigenvalue weighted by molar-refractivity contribution is 5.96. The topological polar surface area (TPSA) is 67.8 Å². The molecule has 1 saturated carbocycles. The van der Waals surface area contributed by atoms with E-state index < -0.39 is 5.54 Å². The molecule has 0 spiro atoms. The molecule has 0 radical (unpaired) electrons. The highest BCUT2D eigenvalue weighted by Gasteiger charge is 2.38. The number of aliphatic hydroxyl groups is 1. The lowest BCUT2D eigenvalue weighted by Gasteiger charge is -2.41. The Balaban J connectivity index is 2.25. The maximum Gasteiger partial charge on any atom is 0.252 e. The maximum atomic E-state index is 12.3. The Labute approximate surface area is 118 Å². The van der Waals surface area contributed by atoms with Gasteiger partial charge in [-0.05, 0) is 38.3 Å². The number of carbonyl (C=O) groups excluding carboxylic acids is 1. The maximum absolute atomic E-state index is 12.3. The first kappa shape index (κ1) is 14.7. The van der Waals surface area contributed by atoms with E-state index in [1.807, 2.05) is 6.92 Å². The molecule has 0 atom stereocenters. The van der Waals surface area contributed by atoms with Gasteiger partial charge in [0.1, 0.15) is 11.5 Å². The molecular weight excluding hydrogens is 258 g/mol. The Morgan fingerprint density at radius 1 is 1.30 bits per heavy atom. The molecule has 1 aromatic carbocycles. The van der Waals surface area contributed by atoms with Crippen LogP contribution >= 0.6 is 0 Å². The van der Waals surface area contributed by atoms with Crippen LogP contribution in [0.15, 0.2) is 12.1 Å². The highest BCUT2D eigenvalue weighted by Crippen LogP contribution is 2.33. The van der Waals surface area contributed by atoms with Gasteiger partial charge >= 0.3 is 0 Å². The van der Waals surface area contributed by atoms with Crippen LogP contribution in [0.2, 0.25) is 0 Å². The quantitative estimate of drug-likeness (QED) is 0.860. The summed E-state index contributed by atoms with van der Waals surface area (Å²) >= 11 is 0. The fourth-order valence-electron chi connectivity index (χ4n) is 2.46. The number of ether oxygens (including phenoxy) is 2. The minimum Gasteiger partial charge on any atom is -0.496 e. The molecule has 1 fully saturated rings. The third kappa shape index (κ3) is 2.58. The van der Waals surface area contributed by atoms with Crippen molar-refractivity contribution in [1.29, 1.82) is 0 Å². The smallest absolute Gasteiger partial charge is 0.252 e. The zero-order chi connectivity index (χ0) is 14.8. The number of hydrogen-bond acceptors (Lipinski definition) is 4. The fraction of sp³-hybridized carbons (Fsp3) is 0.533. The van der Waals surface area contributed by atoms with E-state index in [2.05, 4.69) is 5.32 Å². The largest absolute Gasteiger partial charge is 0.496 e. The minimum absolute atomic E-state index is 0.0289. The Hall–Kier alpha value is -1.75. The van der Waals surface area contributed by atoms with Gasteiger partial charge < -0.3 is 19.9 Å². The monoisotopic (exact) mass is 279 g/mol. The molecule has 0 saturated heterocycles. The van der Waals surface area contributed by atoms with Crippen LogP contribution in [-0.2, 0) is 0 Å². The SMILES string of the molecule is COc1cc(C(=O)NC2(CO)CCC2)cc(OC)c1C. The molecular formula is C15H21NO4. The predicted molar refractivity (Wildman–Crippen MR) is 75.4 cm³/mol. The van der Waals surface area contributed by atoms with Crippen LogP contribution in [0.4, 0.5) is 0 Å². The van der Waals surface area contributed by atoms with Crippen molar-refractivity contribution < 1.29 is 19.4 Å². The van der Waals surface area contributed by atoms with Crippen molar-refractivity contribution in [2.24, 2.45) is 0 Å². The van der Waals surface area contributed by atoms with Crippen molar-refractivity contribution in [2.45, 2.75) is 31.7 Å². The number of amides is 1. The van der Waals surface area contributed by atoms with Gasteiger partial charge in [-0.25, -0.2) is 0 Å². The van der Waals surface area contributed by atoms with E-state index in [1.165, 1.54) is 0 Å². The second-order valence-electron chi connectivity index (χ2n) is 5.25. The summed E-state index contributed by atoms with van der Waals surface area (Å²) in [6.07, 6.45) is 2.66. The van der Waals surface area contributed by atoms with E-state index >= 15 is 0 Å². The zero-order valence-corrected chi connectivity index (χ0v) is 12.2. The molecule has 2 N–H and O–H groups in total. The number of benzene rings is 1. The van der Waals surface area contributed by atoms with E-state index in [0.29, 0.717) is 17.1 Å². The summed E-state index contributed by atoms with van der Waals surface area (Å²) in [7, 11) is 3.12. The van der Waals surface area contributed by atoms with Crippen LogP contribution < -0.4 is 14.8 Å². The second kappa shape index (κ2) is 5.71. The summed E-state index contributed by atoms with van der Waals surface area (Å²) in [5.41, 5.74) is 0.874. The Morgan fingerprint density at radius 3 is 2.20 bits per heavy atom. The first-order valence-corrected chi connectivity index (χ1v) is 6.71. The molecule has 0 aromatic heterocycles. The van der Waals surface area contributed by atoms with Gasteiger partial charge in [0.05, 0.1) is 26.4 Å². The van der Waals surface area contributed by atoms with E-state index in [1.54, 1.807) is 26.4 Å². The number of nitrogens with one attached hydrogen (secondary N) is 1. The molecule has 0 heterocycles. The molecule has 1 aliphatic rings. The summed E-state index contributed by atoms with van der Waals surface area (Å²) in [5.74, 6) is 1.01. The molecule has 5 heteroatoms. The molecule has 1 aliphatic carbocycles. The third-order valence-corrected chi connectivity index (χ3v) is 4.01. The number of aliphatic hydroxyl groups excluding tert-OH is 1. The van der Waals surface area contributed by atoms with Crippen molar-refractivity contribution in [3.05, 3.63) is 23.3 Å². The van der Waals surface area contributed by atoms with Gasteiger partial charge in [-0.2, -0.15) is 0 Å². The van der Waals surface area contributed by atoms with Crippen LogP contribution in [0.1, 0.15) is 35.2 Å². The highest BCUT2D eigenvalue weighted by atomic mass is 16.5. The normalized spacial score (nSPS) is 16.2. The number of carbonyl (C=O) groups is 1. The first-order chi connectivity index (χ1) is 9.55. The lowest BCUT2D eigenvalue weighted by molar-refractivity contribution is 0.0641. The average molecular weight is 279 g/mol. The standard InChI is InChI=1S/C15H21NO4/c1-10-12(19-2)7-11(8-13(10)20-3)14(18)16-15(9-17)5-4-6-15/h7-8,17H,4-6,9H2,1-3H3,(H,16,18). The molecule has 0 bridgehead atoms. The van der Waals surface area contributed by atoms with Gasteiger partial charge in [-0.15, -0.1) is 0 Å². The van der Waals surface area contributed by atoms with Gasteiger partial charge in [0.15, 0.2) is 0 Å². The minimum atomic E-state index is -0.456. The van der Waals surface area contributed by atoms with Crippen LogP contribution in [0, 0.1) is 6.92 Å². The molecule has 0 aliphatic heterocycles. The van der Waals surface area contributed by atoms with Gasteiger partial charge in [0, 0.05) is 11.1 Å². The van der Waals surface area contributed by atoms with Crippen molar-refractivity contribution in [3.63, 3.8) is 0 Å².